The summed E-state index contributed by atoms with van der Waals surface area (Å²) < 4.78 is 0. The van der Waals surface area contributed by atoms with Crippen molar-refractivity contribution < 1.29 is 9.59 Å². The van der Waals surface area contributed by atoms with Gasteiger partial charge in [0.1, 0.15) is 0 Å². The molecule has 2 heterocycles. The molecule has 5 heteroatoms. The summed E-state index contributed by atoms with van der Waals surface area (Å²) in [6, 6.07) is 13.4. The van der Waals surface area contributed by atoms with Crippen molar-refractivity contribution in [3.05, 3.63) is 58.3 Å². The Kier molecular flexibility index (Phi) is 5.77. The molecule has 0 radical (unpaired) electrons. The number of hydrogen-bond acceptors (Lipinski definition) is 4. The smallest absolute Gasteiger partial charge is 0.223 e. The average Bonchev–Trinajstić information content (AvgIpc) is 3.14. The number of Topliss-reactive ketones (excluding diaryl/α,β-unsaturated/α-hetero) is 1. The van der Waals surface area contributed by atoms with Gasteiger partial charge in [-0.25, -0.2) is 0 Å². The maximum absolute atomic E-state index is 12.3. The molecule has 1 aromatic carbocycles. The van der Waals surface area contributed by atoms with Gasteiger partial charge in [0.2, 0.25) is 5.91 Å². The van der Waals surface area contributed by atoms with Crippen LogP contribution in [-0.4, -0.2) is 47.7 Å². The fourth-order valence-electron chi connectivity index (χ4n) is 2.93. The van der Waals surface area contributed by atoms with Crippen molar-refractivity contribution in [2.75, 3.05) is 26.2 Å². The lowest BCUT2D eigenvalue weighted by Crippen LogP contribution is -2.48. The zero-order valence-electron chi connectivity index (χ0n) is 13.7. The van der Waals surface area contributed by atoms with Gasteiger partial charge in [-0.2, -0.15) is 0 Å². The van der Waals surface area contributed by atoms with Crippen LogP contribution in [0.5, 0.6) is 0 Å². The van der Waals surface area contributed by atoms with Gasteiger partial charge in [0.05, 0.1) is 0 Å². The van der Waals surface area contributed by atoms with E-state index >= 15 is 0 Å². The first-order chi connectivity index (χ1) is 11.7. The lowest BCUT2D eigenvalue weighted by Gasteiger charge is -2.34. The average molecular weight is 342 g/mol. The minimum Gasteiger partial charge on any atom is -0.340 e. The van der Waals surface area contributed by atoms with E-state index in [9.17, 15) is 9.59 Å². The van der Waals surface area contributed by atoms with Gasteiger partial charge in [-0.3, -0.25) is 14.5 Å². The molecule has 24 heavy (non-hydrogen) atoms. The third-order valence-corrected chi connectivity index (χ3v) is 5.21. The first-order valence-corrected chi connectivity index (χ1v) is 9.21. The Bertz CT molecular complexity index is 662. The van der Waals surface area contributed by atoms with E-state index in [0.717, 1.165) is 32.7 Å². The van der Waals surface area contributed by atoms with Crippen LogP contribution in [0.3, 0.4) is 0 Å². The third-order valence-electron chi connectivity index (χ3n) is 4.35. The monoisotopic (exact) mass is 342 g/mol. The Morgan fingerprint density at radius 3 is 2.33 bits per heavy atom. The minimum atomic E-state index is 0.0419. The number of hydrogen-bond donors (Lipinski definition) is 0. The highest BCUT2D eigenvalue weighted by atomic mass is 32.1. The van der Waals surface area contributed by atoms with Crippen LogP contribution in [0.4, 0.5) is 0 Å². The van der Waals surface area contributed by atoms with E-state index in [2.05, 4.69) is 22.4 Å². The molecule has 1 aromatic heterocycles. The van der Waals surface area contributed by atoms with E-state index in [1.807, 2.05) is 23.1 Å². The molecule has 0 aliphatic carbocycles. The van der Waals surface area contributed by atoms with Crippen molar-refractivity contribution in [1.29, 1.82) is 0 Å². The zero-order chi connectivity index (χ0) is 16.8. The molecule has 0 saturated carbocycles. The van der Waals surface area contributed by atoms with Gasteiger partial charge in [-0.1, -0.05) is 36.4 Å². The Morgan fingerprint density at radius 2 is 1.67 bits per heavy atom. The summed E-state index contributed by atoms with van der Waals surface area (Å²) in [4.78, 5) is 30.0. The van der Waals surface area contributed by atoms with E-state index in [-0.39, 0.29) is 18.1 Å². The molecule has 1 amide bonds. The van der Waals surface area contributed by atoms with Crippen molar-refractivity contribution in [1.82, 2.24) is 9.80 Å². The molecule has 2 aromatic rings. The minimum absolute atomic E-state index is 0.0419. The summed E-state index contributed by atoms with van der Waals surface area (Å²) in [7, 11) is 0. The number of carbonyl (C=O) groups excluding carboxylic acids is 2. The predicted molar refractivity (Wildman–Crippen MR) is 96.2 cm³/mol. The SMILES string of the molecule is O=C(CCC(=O)N1CCN(Cc2cccs2)CC1)c1ccccc1. The summed E-state index contributed by atoms with van der Waals surface area (Å²) in [5, 5.41) is 2.10. The van der Waals surface area contributed by atoms with Gasteiger partial charge in [0.15, 0.2) is 5.78 Å². The molecule has 0 unspecified atom stereocenters. The first kappa shape index (κ1) is 16.9. The zero-order valence-corrected chi connectivity index (χ0v) is 14.5. The molecule has 1 fully saturated rings. The maximum Gasteiger partial charge on any atom is 0.223 e. The van der Waals surface area contributed by atoms with E-state index < -0.39 is 0 Å². The van der Waals surface area contributed by atoms with Gasteiger partial charge in [-0.05, 0) is 11.4 Å². The van der Waals surface area contributed by atoms with E-state index in [1.165, 1.54) is 4.88 Å². The van der Waals surface area contributed by atoms with Crippen LogP contribution in [0.2, 0.25) is 0 Å². The van der Waals surface area contributed by atoms with Crippen LogP contribution in [0.25, 0.3) is 0 Å². The molecule has 0 atom stereocenters. The fraction of sp³-hybridized carbons (Fsp3) is 0.368. The summed E-state index contributed by atoms with van der Waals surface area (Å²) >= 11 is 1.77. The third kappa shape index (κ3) is 4.52. The van der Waals surface area contributed by atoms with E-state index in [0.29, 0.717) is 12.0 Å². The first-order valence-electron chi connectivity index (χ1n) is 8.33. The van der Waals surface area contributed by atoms with E-state index in [4.69, 9.17) is 0 Å². The van der Waals surface area contributed by atoms with Crippen LogP contribution < -0.4 is 0 Å². The van der Waals surface area contributed by atoms with Crippen LogP contribution in [0.15, 0.2) is 47.8 Å². The number of piperazine rings is 1. The van der Waals surface area contributed by atoms with Gasteiger partial charge >= 0.3 is 0 Å². The van der Waals surface area contributed by atoms with Gasteiger partial charge in [0.25, 0.3) is 0 Å². The summed E-state index contributed by atoms with van der Waals surface area (Å²) in [5.74, 6) is 0.135. The van der Waals surface area contributed by atoms with Crippen LogP contribution in [-0.2, 0) is 11.3 Å². The Morgan fingerprint density at radius 1 is 0.917 bits per heavy atom. The number of carbonyl (C=O) groups is 2. The van der Waals surface area contributed by atoms with Crippen LogP contribution >= 0.6 is 11.3 Å². The van der Waals surface area contributed by atoms with Gasteiger partial charge in [0, 0.05) is 56.0 Å². The Labute approximate surface area is 146 Å². The van der Waals surface area contributed by atoms with Gasteiger partial charge in [-0.15, -0.1) is 11.3 Å². The van der Waals surface area contributed by atoms with Crippen molar-refractivity contribution >= 4 is 23.0 Å². The summed E-state index contributed by atoms with van der Waals surface area (Å²) in [5.41, 5.74) is 0.686. The second-order valence-electron chi connectivity index (χ2n) is 6.03. The molecule has 0 N–H and O–H groups in total. The molecule has 0 bridgehead atoms. The lowest BCUT2D eigenvalue weighted by atomic mass is 10.1. The topological polar surface area (TPSA) is 40.6 Å². The largest absolute Gasteiger partial charge is 0.340 e. The second kappa shape index (κ2) is 8.22. The lowest BCUT2D eigenvalue weighted by molar-refractivity contribution is -0.132. The predicted octanol–water partition coefficient (Wildman–Crippen LogP) is 3.06. The molecule has 1 aliphatic heterocycles. The molecule has 3 rings (SSSR count). The summed E-state index contributed by atoms with van der Waals surface area (Å²) in [6.45, 7) is 4.27. The molecule has 0 spiro atoms. The number of thiophene rings is 1. The number of nitrogens with zero attached hydrogens (tertiary/aromatic N) is 2. The maximum atomic E-state index is 12.3. The quantitative estimate of drug-likeness (QED) is 0.758. The van der Waals surface area contributed by atoms with Gasteiger partial charge < -0.3 is 4.90 Å². The van der Waals surface area contributed by atoms with Crippen molar-refractivity contribution in [2.45, 2.75) is 19.4 Å². The number of ketones is 1. The van der Waals surface area contributed by atoms with Crippen molar-refractivity contribution in [3.8, 4) is 0 Å². The molecular formula is C19H22N2O2S. The molecule has 1 saturated heterocycles. The molecule has 126 valence electrons. The van der Waals surface area contributed by atoms with Crippen molar-refractivity contribution in [3.63, 3.8) is 0 Å². The number of benzene rings is 1. The highest BCUT2D eigenvalue weighted by Gasteiger charge is 2.21. The normalized spacial score (nSPS) is 15.4. The Balaban J connectivity index is 1.41. The Hall–Kier alpha value is -1.98. The highest BCUT2D eigenvalue weighted by molar-refractivity contribution is 7.09. The molecule has 1 aliphatic rings. The molecular weight excluding hydrogens is 320 g/mol. The fourth-order valence-corrected chi connectivity index (χ4v) is 3.67. The highest BCUT2D eigenvalue weighted by Crippen LogP contribution is 2.14. The standard InChI is InChI=1S/C19H22N2O2S/c22-18(16-5-2-1-3-6-16)8-9-19(23)21-12-10-20(11-13-21)15-17-7-4-14-24-17/h1-7,14H,8-13,15H2. The van der Waals surface area contributed by atoms with E-state index in [1.54, 1.807) is 23.5 Å². The summed E-state index contributed by atoms with van der Waals surface area (Å²) in [6.07, 6.45) is 0.594. The molecule has 4 nitrogen and oxygen atoms in total. The van der Waals surface area contributed by atoms with Crippen LogP contribution in [0, 0.1) is 0 Å². The van der Waals surface area contributed by atoms with Crippen molar-refractivity contribution in [2.24, 2.45) is 0 Å². The number of rotatable bonds is 6. The number of amides is 1. The van der Waals surface area contributed by atoms with Crippen LogP contribution in [0.1, 0.15) is 28.1 Å². The second-order valence-corrected chi connectivity index (χ2v) is 7.06.